The number of aryl methyl sites for hydroxylation is 2. The van der Waals surface area contributed by atoms with Crippen LogP contribution in [0, 0.1) is 5.92 Å². The van der Waals surface area contributed by atoms with Crippen molar-refractivity contribution < 1.29 is 9.90 Å². The third-order valence-corrected chi connectivity index (χ3v) is 3.51. The Morgan fingerprint density at radius 3 is 1.85 bits per heavy atom. The minimum atomic E-state index is -0.403. The lowest BCUT2D eigenvalue weighted by Crippen LogP contribution is -2.35. The summed E-state index contributed by atoms with van der Waals surface area (Å²) in [6.45, 7) is 16.1. The first-order valence-corrected chi connectivity index (χ1v) is 9.93. The summed E-state index contributed by atoms with van der Waals surface area (Å²) in [6.07, 6.45) is 3.56. The normalized spacial score (nSPS) is 10.4. The lowest BCUT2D eigenvalue weighted by Gasteiger charge is -2.12. The number of anilines is 1. The zero-order valence-electron chi connectivity index (χ0n) is 18.3. The smallest absolute Gasteiger partial charge is 0.224 e. The standard InChI is InChI=1S/C16H25NO.C4H11NO.C2H6/c1-5-13-9-14(6-2)11-15(10-13)17-16(18)8-7-12(3)4;1-4(2,5)3-6;1-2/h9-12H,5-8H2,1-4H3,(H,17,18);6H,3,5H2,1-2H3;1-2H3. The molecule has 1 rings (SSSR count). The van der Waals surface area contributed by atoms with Crippen molar-refractivity contribution in [2.24, 2.45) is 11.7 Å². The van der Waals surface area contributed by atoms with Crippen LogP contribution in [0.1, 0.15) is 79.4 Å². The van der Waals surface area contributed by atoms with Gasteiger partial charge in [0.25, 0.3) is 0 Å². The lowest BCUT2D eigenvalue weighted by atomic mass is 10.0. The van der Waals surface area contributed by atoms with Crippen LogP contribution in [0.2, 0.25) is 0 Å². The Bertz CT molecular complexity index is 469. The topological polar surface area (TPSA) is 75.3 Å². The molecule has 1 aromatic rings. The molecule has 0 radical (unpaired) electrons. The van der Waals surface area contributed by atoms with Gasteiger partial charge in [0.2, 0.25) is 5.91 Å². The SMILES string of the molecule is CC.CC(C)(N)CO.CCc1cc(CC)cc(NC(=O)CCC(C)C)c1. The average Bonchev–Trinajstić information content (AvgIpc) is 2.61. The number of benzene rings is 1. The highest BCUT2D eigenvalue weighted by atomic mass is 16.3. The summed E-state index contributed by atoms with van der Waals surface area (Å²) in [5.74, 6) is 0.697. The van der Waals surface area contributed by atoms with E-state index in [1.807, 2.05) is 13.8 Å². The molecule has 0 unspecified atom stereocenters. The van der Waals surface area contributed by atoms with E-state index >= 15 is 0 Å². The van der Waals surface area contributed by atoms with Crippen molar-refractivity contribution in [2.75, 3.05) is 11.9 Å². The fourth-order valence-corrected chi connectivity index (χ4v) is 1.89. The van der Waals surface area contributed by atoms with Crippen molar-refractivity contribution in [1.29, 1.82) is 0 Å². The zero-order chi connectivity index (χ0) is 20.8. The molecule has 1 amide bonds. The molecule has 0 saturated carbocycles. The number of nitrogens with two attached hydrogens (primary N) is 1. The van der Waals surface area contributed by atoms with Crippen LogP contribution in [0.4, 0.5) is 5.69 Å². The van der Waals surface area contributed by atoms with Crippen molar-refractivity contribution in [3.8, 4) is 0 Å². The second kappa shape index (κ2) is 14.7. The van der Waals surface area contributed by atoms with Gasteiger partial charge in [0.1, 0.15) is 0 Å². The average molecular weight is 367 g/mol. The van der Waals surface area contributed by atoms with Crippen molar-refractivity contribution >= 4 is 11.6 Å². The van der Waals surface area contributed by atoms with Crippen LogP contribution < -0.4 is 11.1 Å². The number of carbonyl (C=O) groups is 1. The maximum Gasteiger partial charge on any atom is 0.224 e. The van der Waals surface area contributed by atoms with Crippen LogP contribution >= 0.6 is 0 Å². The van der Waals surface area contributed by atoms with Gasteiger partial charge in [-0.15, -0.1) is 0 Å². The number of nitrogens with one attached hydrogen (secondary N) is 1. The molecule has 152 valence electrons. The van der Waals surface area contributed by atoms with E-state index in [1.165, 1.54) is 11.1 Å². The van der Waals surface area contributed by atoms with Crippen LogP contribution in [-0.4, -0.2) is 23.2 Å². The van der Waals surface area contributed by atoms with Crippen molar-refractivity contribution in [2.45, 2.75) is 86.6 Å². The second-order valence-electron chi connectivity index (χ2n) is 7.37. The third-order valence-electron chi connectivity index (χ3n) is 3.51. The molecule has 0 aliphatic carbocycles. The van der Waals surface area contributed by atoms with Crippen LogP contribution in [0.3, 0.4) is 0 Å². The molecule has 4 N–H and O–H groups in total. The molecule has 0 atom stereocenters. The number of hydrogen-bond donors (Lipinski definition) is 3. The Balaban J connectivity index is 0. The van der Waals surface area contributed by atoms with Crippen LogP contribution in [-0.2, 0) is 17.6 Å². The van der Waals surface area contributed by atoms with Gasteiger partial charge in [-0.05, 0) is 62.3 Å². The molecule has 0 spiro atoms. The first-order chi connectivity index (χ1) is 12.1. The highest BCUT2D eigenvalue weighted by Crippen LogP contribution is 2.17. The summed E-state index contributed by atoms with van der Waals surface area (Å²) in [5, 5.41) is 11.3. The van der Waals surface area contributed by atoms with E-state index in [4.69, 9.17) is 10.8 Å². The highest BCUT2D eigenvalue weighted by molar-refractivity contribution is 5.90. The van der Waals surface area contributed by atoms with Gasteiger partial charge < -0.3 is 16.2 Å². The van der Waals surface area contributed by atoms with Gasteiger partial charge in [0.05, 0.1) is 6.61 Å². The van der Waals surface area contributed by atoms with E-state index < -0.39 is 5.54 Å². The summed E-state index contributed by atoms with van der Waals surface area (Å²) in [5.41, 5.74) is 8.40. The molecule has 0 aliphatic heterocycles. The van der Waals surface area contributed by atoms with E-state index in [0.29, 0.717) is 12.3 Å². The molecule has 0 aliphatic rings. The van der Waals surface area contributed by atoms with Gasteiger partial charge in [-0.25, -0.2) is 0 Å². The minimum Gasteiger partial charge on any atom is -0.394 e. The number of rotatable bonds is 7. The van der Waals surface area contributed by atoms with Crippen molar-refractivity contribution in [3.05, 3.63) is 29.3 Å². The Morgan fingerprint density at radius 1 is 1.12 bits per heavy atom. The van der Waals surface area contributed by atoms with Crippen LogP contribution in [0.25, 0.3) is 0 Å². The van der Waals surface area contributed by atoms with E-state index in [2.05, 4.69) is 51.2 Å². The largest absolute Gasteiger partial charge is 0.394 e. The maximum absolute atomic E-state index is 11.8. The van der Waals surface area contributed by atoms with Gasteiger partial charge >= 0.3 is 0 Å². The van der Waals surface area contributed by atoms with E-state index in [9.17, 15) is 4.79 Å². The molecule has 0 fully saturated rings. The number of hydrogen-bond acceptors (Lipinski definition) is 3. The molecule has 0 aromatic heterocycles. The quantitative estimate of drug-likeness (QED) is 0.640. The molecule has 0 bridgehead atoms. The number of amides is 1. The van der Waals surface area contributed by atoms with Crippen molar-refractivity contribution in [1.82, 2.24) is 0 Å². The summed E-state index contributed by atoms with van der Waals surface area (Å²) < 4.78 is 0. The molecule has 1 aromatic carbocycles. The third kappa shape index (κ3) is 14.9. The van der Waals surface area contributed by atoms with Gasteiger partial charge in [-0.3, -0.25) is 4.79 Å². The number of aliphatic hydroxyl groups excluding tert-OH is 1. The first kappa shape index (κ1) is 26.8. The van der Waals surface area contributed by atoms with E-state index in [0.717, 1.165) is 24.9 Å². The maximum atomic E-state index is 11.8. The molecule has 0 heterocycles. The van der Waals surface area contributed by atoms with Gasteiger partial charge in [0, 0.05) is 17.6 Å². The molecule has 4 heteroatoms. The molecular formula is C22H42N2O2. The minimum absolute atomic E-state index is 0.0486. The summed E-state index contributed by atoms with van der Waals surface area (Å²) in [7, 11) is 0. The highest BCUT2D eigenvalue weighted by Gasteiger charge is 2.06. The van der Waals surface area contributed by atoms with Gasteiger partial charge in [0.15, 0.2) is 0 Å². The molecule has 26 heavy (non-hydrogen) atoms. The summed E-state index contributed by atoms with van der Waals surface area (Å²) in [6, 6.07) is 6.36. The Morgan fingerprint density at radius 2 is 1.54 bits per heavy atom. The predicted molar refractivity (Wildman–Crippen MR) is 115 cm³/mol. The van der Waals surface area contributed by atoms with E-state index in [1.54, 1.807) is 13.8 Å². The Labute approximate surface area is 161 Å². The summed E-state index contributed by atoms with van der Waals surface area (Å²) >= 11 is 0. The number of carbonyl (C=O) groups excluding carboxylic acids is 1. The van der Waals surface area contributed by atoms with Crippen LogP contribution in [0.15, 0.2) is 18.2 Å². The van der Waals surface area contributed by atoms with Crippen molar-refractivity contribution in [3.63, 3.8) is 0 Å². The van der Waals surface area contributed by atoms with Gasteiger partial charge in [-0.1, -0.05) is 47.6 Å². The summed E-state index contributed by atoms with van der Waals surface area (Å²) in [4.78, 5) is 11.8. The number of aliphatic hydroxyl groups is 1. The van der Waals surface area contributed by atoms with Crippen LogP contribution in [0.5, 0.6) is 0 Å². The second-order valence-corrected chi connectivity index (χ2v) is 7.37. The fraction of sp³-hybridized carbons (Fsp3) is 0.682. The van der Waals surface area contributed by atoms with Gasteiger partial charge in [-0.2, -0.15) is 0 Å². The Hall–Kier alpha value is -1.39. The van der Waals surface area contributed by atoms with E-state index in [-0.39, 0.29) is 12.5 Å². The first-order valence-electron chi connectivity index (χ1n) is 9.93. The zero-order valence-corrected chi connectivity index (χ0v) is 18.3. The predicted octanol–water partition coefficient (Wildman–Crippen LogP) is 4.93. The monoisotopic (exact) mass is 366 g/mol. The molecule has 4 nitrogen and oxygen atoms in total. The fourth-order valence-electron chi connectivity index (χ4n) is 1.89. The molecule has 0 saturated heterocycles. The molecular weight excluding hydrogens is 324 g/mol. The lowest BCUT2D eigenvalue weighted by molar-refractivity contribution is -0.116. The Kier molecular flexibility index (Phi) is 15.2.